The van der Waals surface area contributed by atoms with Crippen molar-refractivity contribution in [2.24, 2.45) is 0 Å². The second-order valence-electron chi connectivity index (χ2n) is 9.06. The van der Waals surface area contributed by atoms with Crippen LogP contribution in [0.4, 0.5) is 16.2 Å². The summed E-state index contributed by atoms with van der Waals surface area (Å²) in [5.41, 5.74) is 2.50. The van der Waals surface area contributed by atoms with Crippen molar-refractivity contribution < 1.29 is 4.79 Å². The van der Waals surface area contributed by atoms with Crippen molar-refractivity contribution in [2.45, 2.75) is 16.2 Å². The van der Waals surface area contributed by atoms with Crippen molar-refractivity contribution in [3.63, 3.8) is 0 Å². The molecule has 10 heteroatoms. The Morgan fingerprint density at radius 1 is 0.800 bits per heavy atom. The zero-order valence-electron chi connectivity index (χ0n) is 20.1. The first-order valence-electron chi connectivity index (χ1n) is 11.9. The van der Waals surface area contributed by atoms with Crippen LogP contribution in [0.3, 0.4) is 0 Å². The molecule has 192 valence electrons. The summed E-state index contributed by atoms with van der Waals surface area (Å²) in [6, 6.07) is 15.0. The first kappa shape index (κ1) is 28.2. The van der Waals surface area contributed by atoms with Gasteiger partial charge >= 0.3 is 6.03 Å². The van der Waals surface area contributed by atoms with Crippen LogP contribution < -0.4 is 4.90 Å². The van der Waals surface area contributed by atoms with Crippen molar-refractivity contribution >= 4 is 65.6 Å². The van der Waals surface area contributed by atoms with Gasteiger partial charge in [-0.05, 0) is 43.3 Å². The first-order valence-corrected chi connectivity index (χ1v) is 13.1. The smallest absolute Gasteiger partial charge is 0.319 e. The molecule has 0 aliphatic carbocycles. The second-order valence-corrected chi connectivity index (χ2v) is 10.6. The predicted molar refractivity (Wildman–Crippen MR) is 151 cm³/mol. The maximum Gasteiger partial charge on any atom is 0.319 e. The Morgan fingerprint density at radius 2 is 1.49 bits per heavy atom. The minimum atomic E-state index is 0. The van der Waals surface area contributed by atoms with Crippen molar-refractivity contribution in [1.82, 2.24) is 19.6 Å². The number of piperazine rings is 1. The molecule has 0 spiro atoms. The molecular weight excluding hydrogens is 525 g/mol. The van der Waals surface area contributed by atoms with E-state index in [9.17, 15) is 4.79 Å². The number of likely N-dealkylation sites (N-methyl/N-ethyl adjacent to an activating group) is 1. The van der Waals surface area contributed by atoms with Crippen LogP contribution in [0.1, 0.15) is 6.42 Å². The molecular formula is C25H34Cl3N5OS. The maximum absolute atomic E-state index is 12.1. The van der Waals surface area contributed by atoms with E-state index in [2.05, 4.69) is 51.1 Å². The van der Waals surface area contributed by atoms with Gasteiger partial charge in [0.2, 0.25) is 0 Å². The van der Waals surface area contributed by atoms with E-state index in [4.69, 9.17) is 11.6 Å². The predicted octanol–water partition coefficient (Wildman–Crippen LogP) is 5.16. The summed E-state index contributed by atoms with van der Waals surface area (Å²) in [6.45, 7) is 9.99. The molecule has 5 rings (SSSR count). The molecule has 2 amide bonds. The van der Waals surface area contributed by atoms with Gasteiger partial charge in [0.25, 0.3) is 0 Å². The molecule has 2 aromatic carbocycles. The molecule has 0 bridgehead atoms. The number of rotatable bonds is 7. The number of anilines is 2. The third-order valence-corrected chi connectivity index (χ3v) is 8.26. The fourth-order valence-electron chi connectivity index (χ4n) is 4.91. The average molecular weight is 559 g/mol. The number of urea groups is 1. The molecule has 2 saturated heterocycles. The summed E-state index contributed by atoms with van der Waals surface area (Å²) in [5.74, 6) is 0. The lowest BCUT2D eigenvalue weighted by Crippen LogP contribution is -2.49. The zero-order chi connectivity index (χ0) is 22.8. The zero-order valence-corrected chi connectivity index (χ0v) is 23.3. The van der Waals surface area contributed by atoms with E-state index in [1.807, 2.05) is 34.7 Å². The van der Waals surface area contributed by atoms with Crippen LogP contribution in [-0.2, 0) is 0 Å². The van der Waals surface area contributed by atoms with E-state index in [1.165, 1.54) is 21.2 Å². The molecule has 0 saturated carbocycles. The number of halogens is 3. The van der Waals surface area contributed by atoms with Gasteiger partial charge in [-0.2, -0.15) is 0 Å². The highest BCUT2D eigenvalue weighted by atomic mass is 35.5. The summed E-state index contributed by atoms with van der Waals surface area (Å²) in [4.78, 5) is 25.9. The van der Waals surface area contributed by atoms with E-state index < -0.39 is 0 Å². The monoisotopic (exact) mass is 557 g/mol. The van der Waals surface area contributed by atoms with E-state index in [0.717, 1.165) is 76.9 Å². The molecule has 35 heavy (non-hydrogen) atoms. The number of amides is 2. The Hall–Kier alpha value is -1.35. The maximum atomic E-state index is 12.1. The SMILES string of the molecule is CN1CCN(CCN2CCN(CCCN3c4ccccc4Sc4ccc(Cl)cc43)CC2)C1=O.Cl.Cl. The van der Waals surface area contributed by atoms with Gasteiger partial charge in [0.15, 0.2) is 0 Å². The molecule has 0 radical (unpaired) electrons. The van der Waals surface area contributed by atoms with Crippen molar-refractivity contribution in [1.29, 1.82) is 0 Å². The van der Waals surface area contributed by atoms with Crippen LogP contribution in [0.25, 0.3) is 0 Å². The van der Waals surface area contributed by atoms with Crippen LogP contribution in [0.2, 0.25) is 5.02 Å². The Kier molecular flexibility index (Phi) is 10.3. The van der Waals surface area contributed by atoms with Crippen LogP contribution in [0.15, 0.2) is 52.3 Å². The summed E-state index contributed by atoms with van der Waals surface area (Å²) >= 11 is 8.18. The standard InChI is InChI=1S/C25H32ClN5OS.2ClH/c1-27-11-17-30(25(27)32)18-16-29-14-12-28(13-15-29)9-4-10-31-21-5-2-3-6-23(21)33-24-8-7-20(26)19-22(24)31;;/h2-3,5-8,19H,4,9-18H2,1H3;2*1H. The highest BCUT2D eigenvalue weighted by molar-refractivity contribution is 7.99. The number of carbonyl (C=O) groups excluding carboxylic acids is 1. The fourth-order valence-corrected chi connectivity index (χ4v) is 6.15. The van der Waals surface area contributed by atoms with Crippen LogP contribution in [-0.4, -0.2) is 98.1 Å². The molecule has 2 aromatic rings. The van der Waals surface area contributed by atoms with E-state index in [1.54, 1.807) is 0 Å². The van der Waals surface area contributed by atoms with Gasteiger partial charge in [-0.25, -0.2) is 4.79 Å². The molecule has 3 aliphatic rings. The van der Waals surface area contributed by atoms with Gasteiger partial charge < -0.3 is 19.6 Å². The van der Waals surface area contributed by atoms with Crippen molar-refractivity contribution in [3.8, 4) is 0 Å². The summed E-state index contributed by atoms with van der Waals surface area (Å²) in [7, 11) is 1.88. The minimum Gasteiger partial charge on any atom is -0.340 e. The number of benzene rings is 2. The quantitative estimate of drug-likeness (QED) is 0.469. The van der Waals surface area contributed by atoms with Gasteiger partial charge in [-0.15, -0.1) is 24.8 Å². The Morgan fingerprint density at radius 3 is 2.20 bits per heavy atom. The van der Waals surface area contributed by atoms with Gasteiger partial charge in [0.1, 0.15) is 0 Å². The third kappa shape index (κ3) is 6.51. The van der Waals surface area contributed by atoms with Gasteiger partial charge in [-0.3, -0.25) is 4.90 Å². The second kappa shape index (κ2) is 12.7. The van der Waals surface area contributed by atoms with Crippen LogP contribution >= 0.6 is 48.2 Å². The highest BCUT2D eigenvalue weighted by Crippen LogP contribution is 2.48. The molecule has 0 unspecified atom stereocenters. The lowest BCUT2D eigenvalue weighted by molar-refractivity contribution is 0.123. The van der Waals surface area contributed by atoms with Crippen molar-refractivity contribution in [2.75, 3.05) is 77.4 Å². The number of nitrogens with zero attached hydrogens (tertiary/aromatic N) is 5. The molecule has 0 N–H and O–H groups in total. The van der Waals surface area contributed by atoms with Crippen LogP contribution in [0.5, 0.6) is 0 Å². The molecule has 3 heterocycles. The Labute approximate surface area is 230 Å². The lowest BCUT2D eigenvalue weighted by atomic mass is 10.2. The lowest BCUT2D eigenvalue weighted by Gasteiger charge is -2.36. The number of fused-ring (bicyclic) bond motifs is 2. The normalized spacial score (nSPS) is 18.1. The number of carbonyl (C=O) groups is 1. The first-order chi connectivity index (χ1) is 16.1. The van der Waals surface area contributed by atoms with Gasteiger partial charge in [0.05, 0.1) is 11.4 Å². The fraction of sp³-hybridized carbons (Fsp3) is 0.480. The number of hydrogen-bond acceptors (Lipinski definition) is 5. The average Bonchev–Trinajstić information content (AvgIpc) is 3.15. The van der Waals surface area contributed by atoms with Gasteiger partial charge in [0, 0.05) is 80.8 Å². The molecule has 2 fully saturated rings. The van der Waals surface area contributed by atoms with E-state index >= 15 is 0 Å². The summed E-state index contributed by atoms with van der Waals surface area (Å²) in [5, 5.41) is 0.789. The number of para-hydroxylation sites is 1. The largest absolute Gasteiger partial charge is 0.340 e. The van der Waals surface area contributed by atoms with E-state index in [-0.39, 0.29) is 30.8 Å². The molecule has 0 atom stereocenters. The van der Waals surface area contributed by atoms with E-state index in [0.29, 0.717) is 0 Å². The van der Waals surface area contributed by atoms with Crippen molar-refractivity contribution in [3.05, 3.63) is 47.5 Å². The highest BCUT2D eigenvalue weighted by Gasteiger charge is 2.26. The summed E-state index contributed by atoms with van der Waals surface area (Å²) in [6.07, 6.45) is 1.11. The topological polar surface area (TPSA) is 33.3 Å². The minimum absolute atomic E-state index is 0. The number of hydrogen-bond donors (Lipinski definition) is 0. The molecule has 0 aromatic heterocycles. The molecule has 3 aliphatic heterocycles. The Balaban J connectivity index is 0.00000171. The Bertz CT molecular complexity index is 1000. The third-order valence-electron chi connectivity index (χ3n) is 6.90. The van der Waals surface area contributed by atoms with Crippen LogP contribution in [0, 0.1) is 0 Å². The summed E-state index contributed by atoms with van der Waals surface area (Å²) < 4.78 is 0. The van der Waals surface area contributed by atoms with Gasteiger partial charge in [-0.1, -0.05) is 35.5 Å². The molecule has 6 nitrogen and oxygen atoms in total.